The third-order valence-electron chi connectivity index (χ3n) is 3.20. The molecule has 0 amide bonds. The lowest BCUT2D eigenvalue weighted by molar-refractivity contribution is -0.145. The number of cyclic esters (lactones) is 1. The summed E-state index contributed by atoms with van der Waals surface area (Å²) in [6.45, 7) is 8.16. The molecule has 0 saturated carbocycles. The van der Waals surface area contributed by atoms with Crippen molar-refractivity contribution in [2.45, 2.75) is 52.7 Å². The number of esters is 1. The molecule has 0 aromatic rings. The lowest BCUT2D eigenvalue weighted by atomic mass is 9.89. The molecule has 0 N–H and O–H groups in total. The van der Waals surface area contributed by atoms with Crippen molar-refractivity contribution in [3.63, 3.8) is 0 Å². The van der Waals surface area contributed by atoms with Crippen LogP contribution in [0.15, 0.2) is 5.11 Å². The van der Waals surface area contributed by atoms with E-state index in [1.807, 2.05) is 13.8 Å². The monoisotopic (exact) mass is 239 g/mol. The van der Waals surface area contributed by atoms with Gasteiger partial charge in [-0.3, -0.25) is 4.79 Å². The Hall–Kier alpha value is -1.22. The standard InChI is InChI=1S/C12H21N3O2/c1-7(2)5-10(14-15-13)11-6-9(8(3)4)12(16)17-11/h7-11H,5-6H2,1-4H3/t9-,10-,11-/m0/s1. The van der Waals surface area contributed by atoms with Crippen LogP contribution in [0, 0.1) is 17.8 Å². The second-order valence-corrected chi connectivity index (χ2v) is 5.46. The van der Waals surface area contributed by atoms with E-state index in [9.17, 15) is 4.79 Å². The van der Waals surface area contributed by atoms with Gasteiger partial charge in [0.2, 0.25) is 0 Å². The second kappa shape index (κ2) is 5.92. The predicted octanol–water partition coefficient (Wildman–Crippen LogP) is 3.30. The number of nitrogens with zero attached hydrogens (tertiary/aromatic N) is 3. The van der Waals surface area contributed by atoms with Gasteiger partial charge in [0.25, 0.3) is 0 Å². The lowest BCUT2D eigenvalue weighted by Gasteiger charge is -2.19. The Morgan fingerprint density at radius 3 is 2.53 bits per heavy atom. The zero-order chi connectivity index (χ0) is 13.0. The maximum Gasteiger partial charge on any atom is 0.309 e. The minimum atomic E-state index is -0.242. The van der Waals surface area contributed by atoms with Crippen molar-refractivity contribution in [2.24, 2.45) is 22.9 Å². The van der Waals surface area contributed by atoms with Crippen molar-refractivity contribution in [1.29, 1.82) is 0 Å². The predicted molar refractivity (Wildman–Crippen MR) is 65.2 cm³/mol. The minimum absolute atomic E-state index is 0.0523. The zero-order valence-electron chi connectivity index (χ0n) is 11.0. The Labute approximate surface area is 102 Å². The van der Waals surface area contributed by atoms with Gasteiger partial charge >= 0.3 is 5.97 Å². The number of carbonyl (C=O) groups excluding carboxylic acids is 1. The number of azide groups is 1. The third-order valence-corrected chi connectivity index (χ3v) is 3.20. The quantitative estimate of drug-likeness (QED) is 0.319. The molecule has 96 valence electrons. The van der Waals surface area contributed by atoms with Crippen LogP contribution in [0.4, 0.5) is 0 Å². The number of ether oxygens (including phenoxy) is 1. The van der Waals surface area contributed by atoms with E-state index in [1.54, 1.807) is 0 Å². The molecule has 0 bridgehead atoms. The van der Waals surface area contributed by atoms with Crippen LogP contribution in [0.5, 0.6) is 0 Å². The Kier molecular flexibility index (Phi) is 4.82. The molecular weight excluding hydrogens is 218 g/mol. The molecule has 17 heavy (non-hydrogen) atoms. The van der Waals surface area contributed by atoms with Gasteiger partial charge in [0.15, 0.2) is 0 Å². The molecule has 1 fully saturated rings. The first kappa shape index (κ1) is 13.8. The molecule has 1 aliphatic heterocycles. The maximum absolute atomic E-state index is 11.7. The zero-order valence-corrected chi connectivity index (χ0v) is 11.0. The van der Waals surface area contributed by atoms with E-state index in [2.05, 4.69) is 23.9 Å². The molecule has 0 aromatic carbocycles. The summed E-state index contributed by atoms with van der Waals surface area (Å²) in [5.74, 6) is 0.496. The SMILES string of the molecule is CC(C)C[C@H](N=[N+]=[N-])[C@@H]1C[C@@H](C(C)C)C(=O)O1. The van der Waals surface area contributed by atoms with Crippen LogP contribution in [-0.4, -0.2) is 18.1 Å². The first-order chi connectivity index (χ1) is 7.95. The highest BCUT2D eigenvalue weighted by atomic mass is 16.6. The van der Waals surface area contributed by atoms with Crippen molar-refractivity contribution in [3.8, 4) is 0 Å². The molecule has 1 aliphatic rings. The number of hydrogen-bond acceptors (Lipinski definition) is 3. The van der Waals surface area contributed by atoms with Crippen LogP contribution in [0.25, 0.3) is 10.4 Å². The van der Waals surface area contributed by atoms with Crippen LogP contribution in [0.3, 0.4) is 0 Å². The van der Waals surface area contributed by atoms with Crippen LogP contribution in [0.2, 0.25) is 0 Å². The average Bonchev–Trinajstić information content (AvgIpc) is 2.59. The first-order valence-electron chi connectivity index (χ1n) is 6.20. The van der Waals surface area contributed by atoms with Crippen molar-refractivity contribution in [1.82, 2.24) is 0 Å². The summed E-state index contributed by atoms with van der Waals surface area (Å²) >= 11 is 0. The largest absolute Gasteiger partial charge is 0.462 e. The van der Waals surface area contributed by atoms with Gasteiger partial charge in [-0.05, 0) is 30.2 Å². The van der Waals surface area contributed by atoms with Gasteiger partial charge in [0, 0.05) is 4.91 Å². The Balaban J connectivity index is 2.71. The molecule has 0 aromatic heterocycles. The van der Waals surface area contributed by atoms with Crippen LogP contribution in [0.1, 0.15) is 40.5 Å². The van der Waals surface area contributed by atoms with E-state index < -0.39 is 0 Å². The van der Waals surface area contributed by atoms with Gasteiger partial charge in [0.05, 0.1) is 12.0 Å². The summed E-state index contributed by atoms with van der Waals surface area (Å²) < 4.78 is 5.35. The molecule has 1 rings (SSSR count). The van der Waals surface area contributed by atoms with E-state index in [1.165, 1.54) is 0 Å². The Morgan fingerprint density at radius 2 is 2.12 bits per heavy atom. The van der Waals surface area contributed by atoms with Crippen molar-refractivity contribution in [3.05, 3.63) is 10.4 Å². The number of carbonyl (C=O) groups is 1. The lowest BCUT2D eigenvalue weighted by Crippen LogP contribution is -2.25. The summed E-state index contributed by atoms with van der Waals surface area (Å²) in [5.41, 5.74) is 8.57. The Bertz CT molecular complexity index is 322. The molecule has 0 aliphatic carbocycles. The third kappa shape index (κ3) is 3.63. The van der Waals surface area contributed by atoms with Crippen LogP contribution >= 0.6 is 0 Å². The molecule has 3 atom stereocenters. The number of hydrogen-bond donors (Lipinski definition) is 0. The van der Waals surface area contributed by atoms with Gasteiger partial charge in [-0.25, -0.2) is 0 Å². The van der Waals surface area contributed by atoms with E-state index in [4.69, 9.17) is 10.3 Å². The van der Waals surface area contributed by atoms with E-state index in [0.29, 0.717) is 12.3 Å². The molecule has 5 heteroatoms. The highest BCUT2D eigenvalue weighted by Gasteiger charge is 2.39. The minimum Gasteiger partial charge on any atom is -0.462 e. The average molecular weight is 239 g/mol. The molecular formula is C12H21N3O2. The summed E-state index contributed by atoms with van der Waals surface area (Å²) in [7, 11) is 0. The highest BCUT2D eigenvalue weighted by Crippen LogP contribution is 2.32. The van der Waals surface area contributed by atoms with Crippen LogP contribution in [-0.2, 0) is 9.53 Å². The normalized spacial score (nSPS) is 25.9. The summed E-state index contributed by atoms with van der Waals surface area (Å²) in [6, 6.07) is -0.229. The summed E-state index contributed by atoms with van der Waals surface area (Å²) in [6.07, 6.45) is 1.19. The van der Waals surface area contributed by atoms with Crippen LogP contribution < -0.4 is 0 Å². The van der Waals surface area contributed by atoms with Crippen molar-refractivity contribution in [2.75, 3.05) is 0 Å². The fourth-order valence-electron chi connectivity index (χ4n) is 2.23. The fraction of sp³-hybridized carbons (Fsp3) is 0.917. The topological polar surface area (TPSA) is 75.1 Å². The fourth-order valence-corrected chi connectivity index (χ4v) is 2.23. The second-order valence-electron chi connectivity index (χ2n) is 5.46. The van der Waals surface area contributed by atoms with Crippen molar-refractivity contribution < 1.29 is 9.53 Å². The molecule has 0 spiro atoms. The summed E-state index contributed by atoms with van der Waals surface area (Å²) in [5, 5.41) is 3.78. The molecule has 1 saturated heterocycles. The van der Waals surface area contributed by atoms with Gasteiger partial charge in [-0.1, -0.05) is 32.8 Å². The van der Waals surface area contributed by atoms with E-state index >= 15 is 0 Å². The molecule has 1 heterocycles. The maximum atomic E-state index is 11.7. The van der Waals surface area contributed by atoms with E-state index in [0.717, 1.165) is 6.42 Å². The summed E-state index contributed by atoms with van der Waals surface area (Å²) in [4.78, 5) is 14.5. The Morgan fingerprint density at radius 1 is 1.47 bits per heavy atom. The van der Waals surface area contributed by atoms with Gasteiger partial charge < -0.3 is 4.74 Å². The van der Waals surface area contributed by atoms with Crippen molar-refractivity contribution >= 4 is 5.97 Å². The van der Waals surface area contributed by atoms with Gasteiger partial charge in [-0.2, -0.15) is 0 Å². The highest BCUT2D eigenvalue weighted by molar-refractivity contribution is 5.75. The smallest absolute Gasteiger partial charge is 0.309 e. The van der Waals surface area contributed by atoms with Gasteiger partial charge in [0.1, 0.15) is 6.10 Å². The van der Waals surface area contributed by atoms with Gasteiger partial charge in [-0.15, -0.1) is 0 Å². The molecule has 5 nitrogen and oxygen atoms in total. The first-order valence-corrected chi connectivity index (χ1v) is 6.20. The molecule has 0 radical (unpaired) electrons. The molecule has 0 unspecified atom stereocenters. The number of rotatable bonds is 5. The van der Waals surface area contributed by atoms with E-state index in [-0.39, 0.29) is 30.0 Å².